The maximum Gasteiger partial charge on any atom is 0.258 e. The number of aromatic nitrogens is 2. The van der Waals surface area contributed by atoms with E-state index in [0.29, 0.717) is 28.1 Å². The fourth-order valence-electron chi connectivity index (χ4n) is 1.91. The fourth-order valence-corrected chi connectivity index (χ4v) is 2.10. The molecule has 0 aliphatic heterocycles. The van der Waals surface area contributed by atoms with Crippen LogP contribution in [-0.2, 0) is 0 Å². The van der Waals surface area contributed by atoms with Gasteiger partial charge in [-0.25, -0.2) is 0 Å². The summed E-state index contributed by atoms with van der Waals surface area (Å²) in [7, 11) is 1.48. The van der Waals surface area contributed by atoms with Gasteiger partial charge < -0.3 is 14.4 Å². The van der Waals surface area contributed by atoms with E-state index in [1.807, 2.05) is 12.1 Å². The van der Waals surface area contributed by atoms with Gasteiger partial charge in [0.1, 0.15) is 0 Å². The molecule has 2 aromatic carbocycles. The molecule has 21 heavy (non-hydrogen) atoms. The lowest BCUT2D eigenvalue weighted by molar-refractivity contribution is 0.373. The van der Waals surface area contributed by atoms with Crippen LogP contribution in [0.5, 0.6) is 11.5 Å². The van der Waals surface area contributed by atoms with Crippen LogP contribution in [0.1, 0.15) is 0 Å². The van der Waals surface area contributed by atoms with Crippen molar-refractivity contribution < 1.29 is 14.4 Å². The minimum Gasteiger partial charge on any atom is -0.504 e. The Bertz CT molecular complexity index is 786. The lowest BCUT2D eigenvalue weighted by atomic mass is 10.2. The summed E-state index contributed by atoms with van der Waals surface area (Å²) in [6.45, 7) is 0. The third-order valence-electron chi connectivity index (χ3n) is 2.93. The fraction of sp³-hybridized carbons (Fsp3) is 0.0667. The number of aromatic hydroxyl groups is 1. The Hall–Kier alpha value is -2.53. The molecule has 0 saturated heterocycles. The Morgan fingerprint density at radius 2 is 2.00 bits per heavy atom. The molecule has 0 unspecified atom stereocenters. The molecule has 1 heterocycles. The summed E-state index contributed by atoms with van der Waals surface area (Å²) in [6, 6.07) is 12.0. The average Bonchev–Trinajstić information content (AvgIpc) is 2.97. The molecule has 1 N–H and O–H groups in total. The van der Waals surface area contributed by atoms with Gasteiger partial charge in [0, 0.05) is 16.1 Å². The molecule has 0 spiro atoms. The minimum absolute atomic E-state index is 0.0116. The topological polar surface area (TPSA) is 68.4 Å². The summed E-state index contributed by atoms with van der Waals surface area (Å²) < 4.78 is 10.2. The van der Waals surface area contributed by atoms with Crippen molar-refractivity contribution in [3.63, 3.8) is 0 Å². The Morgan fingerprint density at radius 3 is 2.71 bits per heavy atom. The second-order valence-electron chi connectivity index (χ2n) is 4.32. The molecule has 106 valence electrons. The Balaban J connectivity index is 1.96. The zero-order valence-electron chi connectivity index (χ0n) is 11.1. The number of ether oxygens (including phenoxy) is 1. The predicted octanol–water partition coefficient (Wildman–Crippen LogP) is 3.77. The van der Waals surface area contributed by atoms with E-state index in [-0.39, 0.29) is 5.75 Å². The molecule has 0 aliphatic rings. The highest BCUT2D eigenvalue weighted by Crippen LogP contribution is 2.31. The number of benzene rings is 2. The van der Waals surface area contributed by atoms with E-state index in [2.05, 4.69) is 10.1 Å². The van der Waals surface area contributed by atoms with E-state index in [1.54, 1.807) is 24.3 Å². The zero-order valence-corrected chi connectivity index (χ0v) is 11.8. The number of phenolic OH excluding ortho intramolecular Hbond substituents is 1. The summed E-state index contributed by atoms with van der Waals surface area (Å²) in [5.41, 5.74) is 1.37. The standard InChI is InChI=1S/C15H11ClN2O3/c1-20-13-6-5-10(8-12(13)19)15-17-14(18-21-15)9-3-2-4-11(16)7-9/h2-8,19H,1H3. The van der Waals surface area contributed by atoms with Gasteiger partial charge in [-0.05, 0) is 30.3 Å². The Kier molecular flexibility index (Phi) is 3.50. The highest BCUT2D eigenvalue weighted by Gasteiger charge is 2.12. The normalized spacial score (nSPS) is 10.6. The third kappa shape index (κ3) is 2.68. The third-order valence-corrected chi connectivity index (χ3v) is 3.17. The largest absolute Gasteiger partial charge is 0.504 e. The van der Waals surface area contributed by atoms with Crippen LogP contribution in [-0.4, -0.2) is 22.4 Å². The van der Waals surface area contributed by atoms with E-state index in [4.69, 9.17) is 20.9 Å². The Labute approximate surface area is 125 Å². The molecule has 0 atom stereocenters. The van der Waals surface area contributed by atoms with Crippen LogP contribution in [0.2, 0.25) is 5.02 Å². The number of hydrogen-bond acceptors (Lipinski definition) is 5. The van der Waals surface area contributed by atoms with Crippen LogP contribution in [0.4, 0.5) is 0 Å². The van der Waals surface area contributed by atoms with Gasteiger partial charge in [-0.1, -0.05) is 28.9 Å². The SMILES string of the molecule is COc1ccc(-c2nc(-c3cccc(Cl)c3)no2)cc1O. The molecule has 5 nitrogen and oxygen atoms in total. The molecule has 0 bridgehead atoms. The van der Waals surface area contributed by atoms with Crippen molar-refractivity contribution in [2.45, 2.75) is 0 Å². The molecule has 3 rings (SSSR count). The van der Waals surface area contributed by atoms with Crippen molar-refractivity contribution in [2.24, 2.45) is 0 Å². The van der Waals surface area contributed by atoms with Crippen LogP contribution in [0.15, 0.2) is 47.0 Å². The molecule has 3 aromatic rings. The van der Waals surface area contributed by atoms with Gasteiger partial charge >= 0.3 is 0 Å². The summed E-state index contributed by atoms with van der Waals surface area (Å²) in [6.07, 6.45) is 0. The smallest absolute Gasteiger partial charge is 0.258 e. The number of phenols is 1. The van der Waals surface area contributed by atoms with Gasteiger partial charge in [-0.2, -0.15) is 4.98 Å². The maximum absolute atomic E-state index is 9.78. The summed E-state index contributed by atoms with van der Waals surface area (Å²) in [5.74, 6) is 1.14. The lowest BCUT2D eigenvalue weighted by Crippen LogP contribution is -1.85. The number of rotatable bonds is 3. The number of nitrogens with zero attached hydrogens (tertiary/aromatic N) is 2. The van der Waals surface area contributed by atoms with Gasteiger partial charge in [0.2, 0.25) is 5.82 Å². The van der Waals surface area contributed by atoms with E-state index >= 15 is 0 Å². The first-order valence-corrected chi connectivity index (χ1v) is 6.52. The van der Waals surface area contributed by atoms with Gasteiger partial charge in [-0.15, -0.1) is 0 Å². The molecular formula is C15H11ClN2O3. The highest BCUT2D eigenvalue weighted by molar-refractivity contribution is 6.30. The van der Waals surface area contributed by atoms with Crippen molar-refractivity contribution in [1.82, 2.24) is 10.1 Å². The Morgan fingerprint density at radius 1 is 1.14 bits per heavy atom. The first-order valence-electron chi connectivity index (χ1n) is 6.14. The molecule has 0 saturated carbocycles. The van der Waals surface area contributed by atoms with Crippen LogP contribution in [0.25, 0.3) is 22.8 Å². The molecule has 0 aliphatic carbocycles. The van der Waals surface area contributed by atoms with E-state index < -0.39 is 0 Å². The number of hydrogen-bond donors (Lipinski definition) is 1. The molecule has 0 fully saturated rings. The number of halogens is 1. The van der Waals surface area contributed by atoms with Crippen molar-refractivity contribution in [1.29, 1.82) is 0 Å². The summed E-state index contributed by atoms with van der Waals surface area (Å²) in [4.78, 5) is 4.30. The summed E-state index contributed by atoms with van der Waals surface area (Å²) >= 11 is 5.94. The van der Waals surface area contributed by atoms with Crippen LogP contribution < -0.4 is 4.74 Å². The number of methoxy groups -OCH3 is 1. The predicted molar refractivity (Wildman–Crippen MR) is 78.4 cm³/mol. The van der Waals surface area contributed by atoms with E-state index in [9.17, 15) is 5.11 Å². The first kappa shape index (κ1) is 13.5. The second-order valence-corrected chi connectivity index (χ2v) is 4.76. The van der Waals surface area contributed by atoms with Crippen molar-refractivity contribution >= 4 is 11.6 Å². The molecule has 1 aromatic heterocycles. The van der Waals surface area contributed by atoms with Gasteiger partial charge in [0.15, 0.2) is 11.5 Å². The van der Waals surface area contributed by atoms with Crippen LogP contribution in [0, 0.1) is 0 Å². The molecule has 0 radical (unpaired) electrons. The van der Waals surface area contributed by atoms with Crippen LogP contribution >= 0.6 is 11.6 Å². The monoisotopic (exact) mass is 302 g/mol. The maximum atomic E-state index is 9.78. The average molecular weight is 303 g/mol. The van der Waals surface area contributed by atoms with Gasteiger partial charge in [0.05, 0.1) is 7.11 Å². The van der Waals surface area contributed by atoms with Crippen molar-refractivity contribution in [3.8, 4) is 34.3 Å². The van der Waals surface area contributed by atoms with E-state index in [1.165, 1.54) is 13.2 Å². The molecular weight excluding hydrogens is 292 g/mol. The van der Waals surface area contributed by atoms with Crippen molar-refractivity contribution in [3.05, 3.63) is 47.5 Å². The summed E-state index contributed by atoms with van der Waals surface area (Å²) in [5, 5.41) is 14.3. The lowest BCUT2D eigenvalue weighted by Gasteiger charge is -2.03. The first-order chi connectivity index (χ1) is 10.2. The van der Waals surface area contributed by atoms with Gasteiger partial charge in [0.25, 0.3) is 5.89 Å². The highest BCUT2D eigenvalue weighted by atomic mass is 35.5. The van der Waals surface area contributed by atoms with Gasteiger partial charge in [-0.3, -0.25) is 0 Å². The van der Waals surface area contributed by atoms with E-state index in [0.717, 1.165) is 5.56 Å². The zero-order chi connectivity index (χ0) is 14.8. The molecule has 6 heteroatoms. The van der Waals surface area contributed by atoms with Crippen LogP contribution in [0.3, 0.4) is 0 Å². The quantitative estimate of drug-likeness (QED) is 0.797. The second kappa shape index (κ2) is 5.46. The molecule has 0 amide bonds. The minimum atomic E-state index is 0.0116. The van der Waals surface area contributed by atoms with Crippen molar-refractivity contribution in [2.75, 3.05) is 7.11 Å².